The summed E-state index contributed by atoms with van der Waals surface area (Å²) in [5, 5.41) is 3.12. The molecule has 1 nitrogen and oxygen atoms in total. The van der Waals surface area contributed by atoms with Gasteiger partial charge < -0.3 is 4.57 Å². The van der Waals surface area contributed by atoms with Crippen LogP contribution in [-0.4, -0.2) is 9.82 Å². The molecule has 152 valence electrons. The Kier molecular flexibility index (Phi) is 3.97. The van der Waals surface area contributed by atoms with Crippen LogP contribution in [0, 0.1) is 0 Å². The van der Waals surface area contributed by atoms with Crippen molar-refractivity contribution in [1.82, 2.24) is 4.57 Å². The molecule has 0 spiro atoms. The van der Waals surface area contributed by atoms with E-state index in [1.54, 1.807) is 0 Å². The largest absolute Gasteiger partial charge is 0.309 e. The lowest BCUT2D eigenvalue weighted by Crippen LogP contribution is -2.08. The Morgan fingerprint density at radius 1 is 0.688 bits per heavy atom. The van der Waals surface area contributed by atoms with E-state index in [0.717, 1.165) is 0 Å². The summed E-state index contributed by atoms with van der Waals surface area (Å²) in [7, 11) is 0. The van der Waals surface area contributed by atoms with E-state index in [-0.39, 0.29) is 0 Å². The van der Waals surface area contributed by atoms with Crippen molar-refractivity contribution >= 4 is 39.1 Å². The molecular weight excluding hydrogens is 406 g/mol. The molecule has 5 aromatic rings. The predicted octanol–water partition coefficient (Wildman–Crippen LogP) is 8.00. The monoisotopic (exact) mass is 427 g/mol. The van der Waals surface area contributed by atoms with E-state index in [0.29, 0.717) is 11.2 Å². The van der Waals surface area contributed by atoms with Crippen molar-refractivity contribution in [3.05, 3.63) is 126 Å². The van der Waals surface area contributed by atoms with Crippen molar-refractivity contribution in [3.8, 4) is 5.69 Å². The lowest BCUT2D eigenvalue weighted by Gasteiger charge is -2.19. The summed E-state index contributed by atoms with van der Waals surface area (Å²) < 4.78 is 2.37. The van der Waals surface area contributed by atoms with E-state index < -0.39 is 0 Å². The Bertz CT molecular complexity index is 1550. The molecule has 0 radical (unpaired) electrons. The Hall–Kier alpha value is -3.49. The lowest BCUT2D eigenvalue weighted by molar-refractivity contribution is 0.884. The molecule has 1 aliphatic heterocycles. The highest BCUT2D eigenvalue weighted by molar-refractivity contribution is 8.00. The van der Waals surface area contributed by atoms with Gasteiger partial charge >= 0.3 is 0 Å². The van der Waals surface area contributed by atoms with E-state index in [4.69, 9.17) is 0 Å². The van der Waals surface area contributed by atoms with Gasteiger partial charge in [0.15, 0.2) is 0 Å². The fraction of sp³-hybridized carbons (Fsp3) is 0.0667. The van der Waals surface area contributed by atoms with Crippen LogP contribution in [0.2, 0.25) is 0 Å². The minimum Gasteiger partial charge on any atom is -0.309 e. The van der Waals surface area contributed by atoms with E-state index in [9.17, 15) is 0 Å². The zero-order chi connectivity index (χ0) is 21.1. The van der Waals surface area contributed by atoms with E-state index in [2.05, 4.69) is 120 Å². The lowest BCUT2D eigenvalue weighted by atomic mass is 9.87. The average molecular weight is 428 g/mol. The smallest absolute Gasteiger partial charge is 0.0541 e. The summed E-state index contributed by atoms with van der Waals surface area (Å²) >= 11 is 1.99. The first-order valence-electron chi connectivity index (χ1n) is 11.1. The summed E-state index contributed by atoms with van der Waals surface area (Å²) in [6.45, 7) is 0. The third-order valence-electron chi connectivity index (χ3n) is 6.74. The van der Waals surface area contributed by atoms with Crippen molar-refractivity contribution in [2.75, 3.05) is 0 Å². The maximum absolute atomic E-state index is 2.47. The van der Waals surface area contributed by atoms with Gasteiger partial charge in [0.25, 0.3) is 0 Å². The van der Waals surface area contributed by atoms with Crippen LogP contribution in [-0.2, 0) is 0 Å². The molecule has 0 saturated carbocycles. The fourth-order valence-corrected chi connectivity index (χ4v) is 6.57. The Balaban J connectivity index is 1.40. The van der Waals surface area contributed by atoms with Crippen molar-refractivity contribution in [1.29, 1.82) is 0 Å². The number of aromatic nitrogens is 1. The van der Waals surface area contributed by atoms with Crippen LogP contribution in [0.4, 0.5) is 0 Å². The predicted molar refractivity (Wildman–Crippen MR) is 137 cm³/mol. The number of hydrogen-bond donors (Lipinski definition) is 0. The van der Waals surface area contributed by atoms with Crippen molar-refractivity contribution in [2.24, 2.45) is 0 Å². The summed E-state index contributed by atoms with van der Waals surface area (Å²) in [6, 6.07) is 35.2. The summed E-state index contributed by atoms with van der Waals surface area (Å²) in [5.74, 6) is 0.456. The first-order chi connectivity index (χ1) is 15.9. The highest BCUT2D eigenvalue weighted by Gasteiger charge is 2.32. The number of allylic oxidation sites excluding steroid dienone is 3. The molecular formula is C30H21NS. The van der Waals surface area contributed by atoms with Gasteiger partial charge in [0.05, 0.1) is 11.0 Å². The van der Waals surface area contributed by atoms with Crippen molar-refractivity contribution in [3.63, 3.8) is 0 Å². The van der Waals surface area contributed by atoms with Crippen molar-refractivity contribution < 1.29 is 0 Å². The highest BCUT2D eigenvalue weighted by Crippen LogP contribution is 2.49. The van der Waals surface area contributed by atoms with Gasteiger partial charge in [-0.15, -0.1) is 11.8 Å². The topological polar surface area (TPSA) is 4.93 Å². The van der Waals surface area contributed by atoms with Gasteiger partial charge in [-0.05, 0) is 53.1 Å². The molecule has 1 aliphatic carbocycles. The molecule has 4 aromatic carbocycles. The molecule has 2 atom stereocenters. The van der Waals surface area contributed by atoms with Crippen molar-refractivity contribution in [2.45, 2.75) is 16.1 Å². The summed E-state index contributed by atoms with van der Waals surface area (Å²) in [6.07, 6.45) is 7.18. The third-order valence-corrected chi connectivity index (χ3v) is 8.09. The van der Waals surface area contributed by atoms with Gasteiger partial charge in [0, 0.05) is 32.5 Å². The average Bonchev–Trinajstić information content (AvgIpc) is 3.39. The molecule has 2 aliphatic rings. The number of benzene rings is 4. The number of hydrogen-bond acceptors (Lipinski definition) is 1. The minimum absolute atomic E-state index is 0.456. The Labute approximate surface area is 191 Å². The van der Waals surface area contributed by atoms with Gasteiger partial charge in [0.1, 0.15) is 0 Å². The van der Waals surface area contributed by atoms with Gasteiger partial charge in [-0.25, -0.2) is 0 Å². The molecule has 2 heterocycles. The maximum Gasteiger partial charge on any atom is 0.0541 e. The number of nitrogens with zero attached hydrogens (tertiary/aromatic N) is 1. The van der Waals surface area contributed by atoms with Gasteiger partial charge in [-0.2, -0.15) is 0 Å². The number of para-hydroxylation sites is 2. The molecule has 0 fully saturated rings. The van der Waals surface area contributed by atoms with Crippen LogP contribution in [0.5, 0.6) is 0 Å². The van der Waals surface area contributed by atoms with Gasteiger partial charge in [-0.3, -0.25) is 0 Å². The maximum atomic E-state index is 2.47. The quantitative estimate of drug-likeness (QED) is 0.276. The SMILES string of the molecule is C1=CC2Sc3ccccc3C2C=C1c1ccc2c(c1)c1ccccc1n2-c1ccccc1. The van der Waals surface area contributed by atoms with Crippen LogP contribution in [0.25, 0.3) is 33.1 Å². The zero-order valence-corrected chi connectivity index (χ0v) is 18.3. The van der Waals surface area contributed by atoms with Gasteiger partial charge in [-0.1, -0.05) is 78.9 Å². The first-order valence-corrected chi connectivity index (χ1v) is 12.0. The van der Waals surface area contributed by atoms with Crippen LogP contribution < -0.4 is 0 Å². The second-order valence-electron chi connectivity index (χ2n) is 8.55. The molecule has 0 amide bonds. The number of rotatable bonds is 2. The Morgan fingerprint density at radius 2 is 1.47 bits per heavy atom. The van der Waals surface area contributed by atoms with E-state index in [1.165, 1.54) is 49.1 Å². The normalized spacial score (nSPS) is 19.2. The fourth-order valence-electron chi connectivity index (χ4n) is 5.25. The molecule has 2 unspecified atom stereocenters. The molecule has 7 rings (SSSR count). The van der Waals surface area contributed by atoms with Gasteiger partial charge in [0.2, 0.25) is 0 Å². The van der Waals surface area contributed by atoms with Crippen LogP contribution in [0.15, 0.2) is 120 Å². The second-order valence-corrected chi connectivity index (χ2v) is 9.77. The van der Waals surface area contributed by atoms with E-state index >= 15 is 0 Å². The molecule has 0 N–H and O–H groups in total. The second kappa shape index (κ2) is 7.01. The van der Waals surface area contributed by atoms with E-state index in [1.807, 2.05) is 11.8 Å². The summed E-state index contributed by atoms with van der Waals surface area (Å²) in [4.78, 5) is 1.42. The number of fused-ring (bicyclic) bond motifs is 6. The van der Waals surface area contributed by atoms with Crippen LogP contribution in [0.1, 0.15) is 17.0 Å². The molecule has 0 bridgehead atoms. The molecule has 1 aromatic heterocycles. The van der Waals surface area contributed by atoms with Crippen LogP contribution in [0.3, 0.4) is 0 Å². The first kappa shape index (κ1) is 18.1. The zero-order valence-electron chi connectivity index (χ0n) is 17.5. The molecule has 0 saturated heterocycles. The number of thioether (sulfide) groups is 1. The molecule has 32 heavy (non-hydrogen) atoms. The Morgan fingerprint density at radius 3 is 2.41 bits per heavy atom. The van der Waals surface area contributed by atoms with Crippen LogP contribution >= 0.6 is 11.8 Å². The standard InChI is InChI=1S/C30H21NS/c1-2-8-22(9-3-1)31-27-12-6-4-10-23(27)25-18-20(14-16-28(25)31)21-15-17-30-26(19-21)24-11-5-7-13-29(24)32-30/h1-19,26,30H. The minimum atomic E-state index is 0.456. The highest BCUT2D eigenvalue weighted by atomic mass is 32.2. The molecule has 2 heteroatoms. The third kappa shape index (κ3) is 2.66. The summed E-state index contributed by atoms with van der Waals surface area (Å²) in [5.41, 5.74) is 7.78.